The van der Waals surface area contributed by atoms with Gasteiger partial charge in [0, 0.05) is 31.5 Å². The van der Waals surface area contributed by atoms with Crippen LogP contribution in [0.3, 0.4) is 0 Å². The van der Waals surface area contributed by atoms with Crippen molar-refractivity contribution in [1.29, 1.82) is 0 Å². The number of piperidine rings is 1. The van der Waals surface area contributed by atoms with Gasteiger partial charge in [0.15, 0.2) is 5.82 Å². The van der Waals surface area contributed by atoms with Gasteiger partial charge in [-0.1, -0.05) is 5.16 Å². The average molecular weight is 407 g/mol. The van der Waals surface area contributed by atoms with E-state index in [0.29, 0.717) is 42.8 Å². The third-order valence-electron chi connectivity index (χ3n) is 5.36. The van der Waals surface area contributed by atoms with Crippen LogP contribution in [-0.2, 0) is 16.4 Å². The zero-order valence-electron chi connectivity index (χ0n) is 16.1. The van der Waals surface area contributed by atoms with Crippen molar-refractivity contribution in [3.05, 3.63) is 29.9 Å². The molecule has 2 aromatic rings. The molecule has 1 unspecified atom stereocenters. The van der Waals surface area contributed by atoms with Gasteiger partial charge in [-0.15, -0.1) is 0 Å². The van der Waals surface area contributed by atoms with Gasteiger partial charge in [0.2, 0.25) is 15.9 Å². The van der Waals surface area contributed by atoms with Gasteiger partial charge in [0.25, 0.3) is 0 Å². The Morgan fingerprint density at radius 3 is 2.75 bits per heavy atom. The zero-order valence-corrected chi connectivity index (χ0v) is 16.9. The molecule has 2 heterocycles. The molecule has 1 aliphatic heterocycles. The molecule has 1 atom stereocenters. The van der Waals surface area contributed by atoms with Crippen molar-refractivity contribution in [3.63, 3.8) is 0 Å². The molecule has 1 aromatic carbocycles. The second kappa shape index (κ2) is 7.71. The minimum atomic E-state index is -3.70. The second-order valence-electron chi connectivity index (χ2n) is 7.41. The first-order valence-electron chi connectivity index (χ1n) is 9.56. The number of methoxy groups -OCH3 is 2. The maximum atomic E-state index is 13.3. The number of benzene rings is 1. The van der Waals surface area contributed by atoms with E-state index in [0.717, 1.165) is 31.5 Å². The minimum Gasteiger partial charge on any atom is -0.497 e. The first kappa shape index (κ1) is 19.2. The molecule has 1 aliphatic carbocycles. The van der Waals surface area contributed by atoms with Crippen LogP contribution in [0.15, 0.2) is 27.6 Å². The van der Waals surface area contributed by atoms with Gasteiger partial charge in [-0.2, -0.15) is 9.29 Å². The fourth-order valence-electron chi connectivity index (χ4n) is 3.64. The summed E-state index contributed by atoms with van der Waals surface area (Å²) < 4.78 is 43.9. The normalized spacial score (nSPS) is 20.9. The Morgan fingerprint density at radius 2 is 2.04 bits per heavy atom. The predicted octanol–water partition coefficient (Wildman–Crippen LogP) is 2.61. The lowest BCUT2D eigenvalue weighted by Crippen LogP contribution is -2.40. The van der Waals surface area contributed by atoms with Crippen molar-refractivity contribution in [2.24, 2.45) is 5.92 Å². The minimum absolute atomic E-state index is 0.129. The van der Waals surface area contributed by atoms with Gasteiger partial charge in [-0.25, -0.2) is 8.42 Å². The molecule has 152 valence electrons. The van der Waals surface area contributed by atoms with Crippen LogP contribution in [-0.4, -0.2) is 50.2 Å². The highest BCUT2D eigenvalue weighted by molar-refractivity contribution is 7.89. The average Bonchev–Trinajstić information content (AvgIpc) is 3.47. The summed E-state index contributed by atoms with van der Waals surface area (Å²) in [4.78, 5) is 4.61. The van der Waals surface area contributed by atoms with Crippen molar-refractivity contribution in [2.75, 3.05) is 27.3 Å². The topological polar surface area (TPSA) is 94.8 Å². The SMILES string of the molecule is COc1ccc(OC)c(S(=O)(=O)N2CCCC(Cc3nc(C4CC4)no3)C2)c1. The van der Waals surface area contributed by atoms with E-state index in [-0.39, 0.29) is 10.8 Å². The quantitative estimate of drug-likeness (QED) is 0.696. The second-order valence-corrected chi connectivity index (χ2v) is 9.32. The number of aromatic nitrogens is 2. The fraction of sp³-hybridized carbons (Fsp3) is 0.579. The van der Waals surface area contributed by atoms with Gasteiger partial charge in [0.1, 0.15) is 16.4 Å². The predicted molar refractivity (Wildman–Crippen MR) is 101 cm³/mol. The zero-order chi connectivity index (χ0) is 19.7. The summed E-state index contributed by atoms with van der Waals surface area (Å²) in [5.74, 6) is 2.77. The largest absolute Gasteiger partial charge is 0.497 e. The number of rotatable bonds is 7. The fourth-order valence-corrected chi connectivity index (χ4v) is 5.37. The molecule has 1 aromatic heterocycles. The summed E-state index contributed by atoms with van der Waals surface area (Å²) in [6.07, 6.45) is 4.57. The Bertz CT molecular complexity index is 939. The van der Waals surface area contributed by atoms with E-state index in [1.807, 2.05) is 0 Å². The van der Waals surface area contributed by atoms with Gasteiger partial charge in [-0.05, 0) is 43.7 Å². The number of nitrogens with zero attached hydrogens (tertiary/aromatic N) is 3. The lowest BCUT2D eigenvalue weighted by atomic mass is 9.96. The number of hydrogen-bond donors (Lipinski definition) is 0. The first-order valence-corrected chi connectivity index (χ1v) is 11.0. The highest BCUT2D eigenvalue weighted by atomic mass is 32.2. The van der Waals surface area contributed by atoms with E-state index in [1.54, 1.807) is 12.1 Å². The van der Waals surface area contributed by atoms with Crippen molar-refractivity contribution >= 4 is 10.0 Å². The molecular weight excluding hydrogens is 382 g/mol. The highest BCUT2D eigenvalue weighted by Gasteiger charge is 2.34. The summed E-state index contributed by atoms with van der Waals surface area (Å²) >= 11 is 0. The van der Waals surface area contributed by atoms with Crippen molar-refractivity contribution < 1.29 is 22.4 Å². The molecule has 2 fully saturated rings. The smallest absolute Gasteiger partial charge is 0.246 e. The molecule has 0 amide bonds. The standard InChI is InChI=1S/C19H25N3O5S/c1-25-15-7-8-16(26-2)17(11-15)28(23,24)22-9-3-4-13(12-22)10-18-20-19(21-27-18)14-5-6-14/h7-8,11,13-14H,3-6,9-10,12H2,1-2H3. The van der Waals surface area contributed by atoms with Crippen molar-refractivity contribution in [3.8, 4) is 11.5 Å². The highest BCUT2D eigenvalue weighted by Crippen LogP contribution is 2.38. The monoisotopic (exact) mass is 407 g/mol. The van der Waals surface area contributed by atoms with Crippen LogP contribution in [0, 0.1) is 5.92 Å². The molecule has 4 rings (SSSR count). The van der Waals surface area contributed by atoms with Gasteiger partial charge < -0.3 is 14.0 Å². The van der Waals surface area contributed by atoms with Crippen molar-refractivity contribution in [2.45, 2.75) is 42.9 Å². The molecule has 0 N–H and O–H groups in total. The van der Waals surface area contributed by atoms with Crippen LogP contribution in [0.4, 0.5) is 0 Å². The molecular formula is C19H25N3O5S. The van der Waals surface area contributed by atoms with Crippen LogP contribution in [0.1, 0.15) is 43.3 Å². The molecule has 9 heteroatoms. The molecule has 0 radical (unpaired) electrons. The Kier molecular flexibility index (Phi) is 5.29. The van der Waals surface area contributed by atoms with Gasteiger partial charge in [0.05, 0.1) is 14.2 Å². The Balaban J connectivity index is 1.51. The lowest BCUT2D eigenvalue weighted by Gasteiger charge is -2.31. The third kappa shape index (κ3) is 3.86. The number of ether oxygens (including phenoxy) is 2. The molecule has 8 nitrogen and oxygen atoms in total. The number of hydrogen-bond acceptors (Lipinski definition) is 7. The summed E-state index contributed by atoms with van der Waals surface area (Å²) in [7, 11) is -0.725. The summed E-state index contributed by atoms with van der Waals surface area (Å²) in [6.45, 7) is 0.903. The maximum Gasteiger partial charge on any atom is 0.246 e. The summed E-state index contributed by atoms with van der Waals surface area (Å²) in [5, 5.41) is 4.05. The Morgan fingerprint density at radius 1 is 1.21 bits per heavy atom. The Hall–Kier alpha value is -2.13. The van der Waals surface area contributed by atoms with Crippen molar-refractivity contribution in [1.82, 2.24) is 14.4 Å². The number of sulfonamides is 1. The van der Waals surface area contributed by atoms with Crippen LogP contribution in [0.2, 0.25) is 0 Å². The van der Waals surface area contributed by atoms with Crippen LogP contribution in [0.5, 0.6) is 11.5 Å². The van der Waals surface area contributed by atoms with E-state index < -0.39 is 10.0 Å². The molecule has 2 aliphatic rings. The molecule has 1 saturated carbocycles. The van der Waals surface area contributed by atoms with Crippen LogP contribution in [0.25, 0.3) is 0 Å². The molecule has 0 spiro atoms. The van der Waals surface area contributed by atoms with Crippen LogP contribution >= 0.6 is 0 Å². The van der Waals surface area contributed by atoms with Gasteiger partial charge >= 0.3 is 0 Å². The van der Waals surface area contributed by atoms with E-state index in [2.05, 4.69) is 10.1 Å². The summed E-state index contributed by atoms with van der Waals surface area (Å²) in [5.41, 5.74) is 0. The summed E-state index contributed by atoms with van der Waals surface area (Å²) in [6, 6.07) is 4.81. The third-order valence-corrected chi connectivity index (χ3v) is 7.25. The van der Waals surface area contributed by atoms with E-state index >= 15 is 0 Å². The van der Waals surface area contributed by atoms with Crippen LogP contribution < -0.4 is 9.47 Å². The maximum absolute atomic E-state index is 13.3. The molecule has 1 saturated heterocycles. The first-order chi connectivity index (χ1) is 13.5. The van der Waals surface area contributed by atoms with E-state index in [4.69, 9.17) is 14.0 Å². The molecule has 0 bridgehead atoms. The van der Waals surface area contributed by atoms with E-state index in [1.165, 1.54) is 24.6 Å². The van der Waals surface area contributed by atoms with E-state index in [9.17, 15) is 8.42 Å². The lowest BCUT2D eigenvalue weighted by molar-refractivity contribution is 0.246. The molecule has 28 heavy (non-hydrogen) atoms. The van der Waals surface area contributed by atoms with Gasteiger partial charge in [-0.3, -0.25) is 0 Å². The Labute approximate surface area is 164 Å².